The highest BCUT2D eigenvalue weighted by Crippen LogP contribution is 2.27. The van der Waals surface area contributed by atoms with Gasteiger partial charge in [-0.15, -0.1) is 0 Å². The van der Waals surface area contributed by atoms with Gasteiger partial charge in [-0.25, -0.2) is 0 Å². The summed E-state index contributed by atoms with van der Waals surface area (Å²) in [5.41, 5.74) is 7.53. The first-order valence-electron chi connectivity index (χ1n) is 6.06. The fourth-order valence-electron chi connectivity index (χ4n) is 1.95. The molecule has 5 nitrogen and oxygen atoms in total. The maximum absolute atomic E-state index is 12.5. The lowest BCUT2D eigenvalue weighted by atomic mass is 10.1. The van der Waals surface area contributed by atoms with E-state index in [0.717, 1.165) is 4.47 Å². The van der Waals surface area contributed by atoms with Gasteiger partial charge in [-0.1, -0.05) is 28.1 Å². The van der Waals surface area contributed by atoms with Crippen LogP contribution in [0.4, 0.5) is 11.4 Å². The first-order chi connectivity index (χ1) is 9.90. The number of halogens is 1. The van der Waals surface area contributed by atoms with E-state index in [1.807, 2.05) is 0 Å². The Morgan fingerprint density at radius 3 is 2.71 bits per heavy atom. The van der Waals surface area contributed by atoms with Crippen molar-refractivity contribution in [3.05, 3.63) is 62.1 Å². The van der Waals surface area contributed by atoms with Crippen molar-refractivity contribution >= 4 is 38.1 Å². The zero-order chi connectivity index (χ0) is 15.6. The minimum atomic E-state index is -1.37. The molecule has 1 atom stereocenters. The highest BCUT2D eigenvalue weighted by atomic mass is 79.9. The normalized spacial score (nSPS) is 12.1. The third kappa shape index (κ3) is 3.48. The zero-order valence-corrected chi connectivity index (χ0v) is 13.6. The van der Waals surface area contributed by atoms with Gasteiger partial charge >= 0.3 is 0 Å². The van der Waals surface area contributed by atoms with Gasteiger partial charge in [0.05, 0.1) is 26.4 Å². The number of rotatable bonds is 4. The van der Waals surface area contributed by atoms with Gasteiger partial charge < -0.3 is 5.73 Å². The summed E-state index contributed by atoms with van der Waals surface area (Å²) in [5.74, 6) is 0.189. The van der Waals surface area contributed by atoms with Crippen molar-refractivity contribution in [1.29, 1.82) is 0 Å². The number of nitro groups is 1. The third-order valence-electron chi connectivity index (χ3n) is 3.12. The average Bonchev–Trinajstić information content (AvgIpc) is 2.43. The minimum Gasteiger partial charge on any atom is -0.398 e. The summed E-state index contributed by atoms with van der Waals surface area (Å²) in [6, 6.07) is 9.94. The van der Waals surface area contributed by atoms with Gasteiger partial charge in [-0.2, -0.15) is 0 Å². The number of nitro benzene ring substituents is 1. The van der Waals surface area contributed by atoms with E-state index < -0.39 is 15.7 Å². The molecule has 0 aliphatic carbocycles. The van der Waals surface area contributed by atoms with Crippen LogP contribution in [-0.2, 0) is 16.6 Å². The number of anilines is 1. The van der Waals surface area contributed by atoms with E-state index in [0.29, 0.717) is 21.7 Å². The molecule has 21 heavy (non-hydrogen) atoms. The molecule has 0 saturated carbocycles. The lowest BCUT2D eigenvalue weighted by Crippen LogP contribution is -2.03. The van der Waals surface area contributed by atoms with Crippen LogP contribution in [0.5, 0.6) is 0 Å². The number of nitrogen functional groups attached to an aromatic ring is 1. The largest absolute Gasteiger partial charge is 0.398 e. The number of nitrogens with zero attached hydrogens (tertiary/aromatic N) is 1. The van der Waals surface area contributed by atoms with Crippen LogP contribution >= 0.6 is 15.9 Å². The molecule has 2 aromatic rings. The molecule has 0 bridgehead atoms. The minimum absolute atomic E-state index is 0.0340. The van der Waals surface area contributed by atoms with E-state index in [-0.39, 0.29) is 11.4 Å². The second-order valence-electron chi connectivity index (χ2n) is 4.49. The van der Waals surface area contributed by atoms with Crippen molar-refractivity contribution < 1.29 is 9.13 Å². The van der Waals surface area contributed by atoms with E-state index in [2.05, 4.69) is 15.9 Å². The predicted molar refractivity (Wildman–Crippen MR) is 86.5 cm³/mol. The Balaban J connectivity index is 2.34. The summed E-state index contributed by atoms with van der Waals surface area (Å²) in [6.07, 6.45) is 0. The van der Waals surface area contributed by atoms with Gasteiger partial charge in [0, 0.05) is 21.8 Å². The van der Waals surface area contributed by atoms with E-state index in [1.54, 1.807) is 37.3 Å². The topological polar surface area (TPSA) is 86.2 Å². The summed E-state index contributed by atoms with van der Waals surface area (Å²) in [6.45, 7) is 1.66. The van der Waals surface area contributed by atoms with E-state index in [4.69, 9.17) is 5.73 Å². The van der Waals surface area contributed by atoms with E-state index in [9.17, 15) is 14.3 Å². The van der Waals surface area contributed by atoms with Gasteiger partial charge in [0.2, 0.25) is 0 Å². The molecule has 2 aromatic carbocycles. The smallest absolute Gasteiger partial charge is 0.272 e. The van der Waals surface area contributed by atoms with Crippen LogP contribution in [0, 0.1) is 17.0 Å². The SMILES string of the molecule is Cc1c(CS(=O)c2cc(Br)ccc2N)cccc1[N+](=O)[O-]. The van der Waals surface area contributed by atoms with Gasteiger partial charge in [0.25, 0.3) is 5.69 Å². The number of hydrogen-bond acceptors (Lipinski definition) is 4. The predicted octanol–water partition coefficient (Wildman–Crippen LogP) is 3.56. The molecule has 0 aromatic heterocycles. The van der Waals surface area contributed by atoms with E-state index >= 15 is 0 Å². The number of nitrogens with two attached hydrogens (primary N) is 1. The molecular formula is C14H13BrN2O3S. The molecule has 0 amide bonds. The molecule has 7 heteroatoms. The second kappa shape index (κ2) is 6.36. The van der Waals surface area contributed by atoms with Crippen molar-refractivity contribution in [1.82, 2.24) is 0 Å². The van der Waals surface area contributed by atoms with Crippen LogP contribution in [0.25, 0.3) is 0 Å². The maximum Gasteiger partial charge on any atom is 0.272 e. The van der Waals surface area contributed by atoms with Crippen molar-refractivity contribution in [2.45, 2.75) is 17.6 Å². The quantitative estimate of drug-likeness (QED) is 0.507. The molecule has 110 valence electrons. The molecule has 0 fully saturated rings. The lowest BCUT2D eigenvalue weighted by Gasteiger charge is -2.09. The molecule has 2 rings (SSSR count). The number of hydrogen-bond donors (Lipinski definition) is 1. The van der Waals surface area contributed by atoms with Gasteiger partial charge in [0.15, 0.2) is 0 Å². The maximum atomic E-state index is 12.5. The van der Waals surface area contributed by atoms with Crippen molar-refractivity contribution in [2.75, 3.05) is 5.73 Å². The lowest BCUT2D eigenvalue weighted by molar-refractivity contribution is -0.385. The molecule has 2 N–H and O–H groups in total. The summed E-state index contributed by atoms with van der Waals surface area (Å²) < 4.78 is 13.2. The Morgan fingerprint density at radius 1 is 1.33 bits per heavy atom. The standard InChI is InChI=1S/C14H13BrN2O3S/c1-9-10(3-2-4-13(9)17(18)19)8-21(20)14-7-11(15)5-6-12(14)16/h2-7H,8,16H2,1H3. The van der Waals surface area contributed by atoms with Crippen LogP contribution in [-0.4, -0.2) is 9.13 Å². The Morgan fingerprint density at radius 2 is 2.05 bits per heavy atom. The number of benzene rings is 2. The van der Waals surface area contributed by atoms with Crippen LogP contribution in [0.15, 0.2) is 45.8 Å². The summed E-state index contributed by atoms with van der Waals surface area (Å²) in [5, 5.41) is 10.9. The van der Waals surface area contributed by atoms with Crippen molar-refractivity contribution in [2.24, 2.45) is 0 Å². The Labute approximate surface area is 132 Å². The zero-order valence-electron chi connectivity index (χ0n) is 11.2. The Kier molecular flexibility index (Phi) is 4.74. The molecule has 0 heterocycles. The van der Waals surface area contributed by atoms with E-state index in [1.165, 1.54) is 6.07 Å². The summed E-state index contributed by atoms with van der Waals surface area (Å²) >= 11 is 3.32. The summed E-state index contributed by atoms with van der Waals surface area (Å²) in [4.78, 5) is 11.0. The van der Waals surface area contributed by atoms with Crippen LogP contribution in [0.2, 0.25) is 0 Å². The van der Waals surface area contributed by atoms with Gasteiger partial charge in [-0.05, 0) is 30.7 Å². The highest BCUT2D eigenvalue weighted by molar-refractivity contribution is 9.10. The van der Waals surface area contributed by atoms with Gasteiger partial charge in [-0.3, -0.25) is 14.3 Å². The Bertz CT molecular complexity index is 734. The molecule has 0 radical (unpaired) electrons. The van der Waals surface area contributed by atoms with Gasteiger partial charge in [0.1, 0.15) is 0 Å². The monoisotopic (exact) mass is 368 g/mol. The first kappa shape index (κ1) is 15.7. The first-order valence-corrected chi connectivity index (χ1v) is 8.17. The fraction of sp³-hybridized carbons (Fsp3) is 0.143. The second-order valence-corrected chi connectivity index (χ2v) is 6.83. The molecule has 0 saturated heterocycles. The third-order valence-corrected chi connectivity index (χ3v) is 5.03. The Hall–Kier alpha value is -1.73. The average molecular weight is 369 g/mol. The van der Waals surface area contributed by atoms with Crippen LogP contribution < -0.4 is 5.73 Å². The van der Waals surface area contributed by atoms with Crippen molar-refractivity contribution in [3.63, 3.8) is 0 Å². The molecule has 0 aliphatic rings. The van der Waals surface area contributed by atoms with Crippen LogP contribution in [0.3, 0.4) is 0 Å². The molecule has 0 spiro atoms. The van der Waals surface area contributed by atoms with Crippen LogP contribution in [0.1, 0.15) is 11.1 Å². The highest BCUT2D eigenvalue weighted by Gasteiger charge is 2.16. The summed E-state index contributed by atoms with van der Waals surface area (Å²) in [7, 11) is -1.37. The molecular weight excluding hydrogens is 356 g/mol. The molecule has 1 unspecified atom stereocenters. The molecule has 0 aliphatic heterocycles. The fourth-order valence-corrected chi connectivity index (χ4v) is 3.80. The van der Waals surface area contributed by atoms with Crippen molar-refractivity contribution in [3.8, 4) is 0 Å².